The molecule has 11 heteroatoms. The van der Waals surface area contributed by atoms with E-state index in [4.69, 9.17) is 10.7 Å². The van der Waals surface area contributed by atoms with Gasteiger partial charge in [-0.2, -0.15) is 19.0 Å². The molecular weight excluding hydrogens is 440 g/mol. The second-order valence-corrected chi connectivity index (χ2v) is 8.84. The average molecular weight is 468 g/mol. The van der Waals surface area contributed by atoms with E-state index in [-0.39, 0.29) is 12.1 Å². The van der Waals surface area contributed by atoms with Crippen LogP contribution < -0.4 is 16.0 Å². The van der Waals surface area contributed by atoms with Gasteiger partial charge in [0.1, 0.15) is 11.6 Å². The van der Waals surface area contributed by atoms with Crippen molar-refractivity contribution in [3.05, 3.63) is 43.0 Å². The van der Waals surface area contributed by atoms with Gasteiger partial charge in [0.2, 0.25) is 0 Å². The molecule has 5 rings (SSSR count). The van der Waals surface area contributed by atoms with Crippen molar-refractivity contribution in [2.24, 2.45) is 5.73 Å². The molecule has 1 fully saturated rings. The summed E-state index contributed by atoms with van der Waals surface area (Å²) in [5.74, 6) is 1.24. The fraction of sp³-hybridized carbons (Fsp3) is 0.391. The van der Waals surface area contributed by atoms with Crippen molar-refractivity contribution in [2.75, 3.05) is 23.3 Å². The molecule has 0 spiro atoms. The second kappa shape index (κ2) is 8.98. The van der Waals surface area contributed by atoms with E-state index in [1.165, 1.54) is 12.4 Å². The molecule has 1 aliphatic heterocycles. The van der Waals surface area contributed by atoms with E-state index in [9.17, 15) is 8.78 Å². The lowest BCUT2D eigenvalue weighted by Crippen LogP contribution is -2.43. The molecule has 9 nitrogen and oxygen atoms in total. The Bertz CT molecular complexity index is 1300. The van der Waals surface area contributed by atoms with E-state index in [1.807, 2.05) is 22.9 Å². The van der Waals surface area contributed by atoms with Crippen molar-refractivity contribution in [1.29, 1.82) is 0 Å². The van der Waals surface area contributed by atoms with Crippen LogP contribution in [0.2, 0.25) is 0 Å². The van der Waals surface area contributed by atoms with Crippen LogP contribution >= 0.6 is 0 Å². The Balaban J connectivity index is 1.51. The molecule has 1 aliphatic rings. The number of anilines is 3. The first-order valence-electron chi connectivity index (χ1n) is 11.3. The molecule has 1 atom stereocenters. The first-order chi connectivity index (χ1) is 16.4. The summed E-state index contributed by atoms with van der Waals surface area (Å²) in [5, 5.41) is 12.4. The summed E-state index contributed by atoms with van der Waals surface area (Å²) < 4.78 is 28.7. The Labute approximate surface area is 195 Å². The number of pyridine rings is 2. The van der Waals surface area contributed by atoms with E-state index >= 15 is 0 Å². The number of hydrogen-bond acceptors (Lipinski definition) is 7. The van der Waals surface area contributed by atoms with Gasteiger partial charge in [-0.1, -0.05) is 0 Å². The van der Waals surface area contributed by atoms with Crippen molar-refractivity contribution < 1.29 is 8.78 Å². The number of nitrogens with zero attached hydrogens (tertiary/aromatic N) is 7. The van der Waals surface area contributed by atoms with E-state index in [0.717, 1.165) is 41.7 Å². The SMILES string of the molecule is CC(C)n1ncc2ccc(Nc3cc(N4CCC[C@H](N)C4)c(-c4cnn(C(F)F)c4)cn3)nc21. The first kappa shape index (κ1) is 22.2. The van der Waals surface area contributed by atoms with Gasteiger partial charge in [0.25, 0.3) is 0 Å². The topological polar surface area (TPSA) is 103 Å². The van der Waals surface area contributed by atoms with E-state index in [2.05, 4.69) is 39.2 Å². The summed E-state index contributed by atoms with van der Waals surface area (Å²) in [6.07, 6.45) is 8.17. The molecule has 3 N–H and O–H groups in total. The minimum absolute atomic E-state index is 0.0513. The molecule has 0 radical (unpaired) electrons. The Morgan fingerprint density at radius 1 is 1.12 bits per heavy atom. The molecule has 0 aromatic carbocycles. The lowest BCUT2D eigenvalue weighted by atomic mass is 10.0. The van der Waals surface area contributed by atoms with Gasteiger partial charge in [-0.3, -0.25) is 0 Å². The fourth-order valence-electron chi connectivity index (χ4n) is 4.31. The summed E-state index contributed by atoms with van der Waals surface area (Å²) in [6, 6.07) is 6.00. The van der Waals surface area contributed by atoms with E-state index in [0.29, 0.717) is 28.4 Å². The number of piperidine rings is 1. The van der Waals surface area contributed by atoms with Crippen LogP contribution in [0.25, 0.3) is 22.2 Å². The van der Waals surface area contributed by atoms with Gasteiger partial charge >= 0.3 is 6.55 Å². The standard InChI is InChI=1S/C23H27F2N9/c1-14(2)34-22-15(9-29-34)5-6-20(31-22)30-21-8-19(32-7-3-4-17(26)13-32)18(11-27-21)16-10-28-33(12-16)23(24)25/h5-6,8-12,14,17,23H,3-4,7,13,26H2,1-2H3,(H,27,30,31)/t17-/m0/s1. The molecule has 0 amide bonds. The minimum atomic E-state index is -2.70. The normalized spacial score (nSPS) is 16.7. The van der Waals surface area contributed by atoms with Gasteiger partial charge in [0.05, 0.1) is 12.4 Å². The Hall–Kier alpha value is -3.60. The molecule has 178 valence electrons. The van der Waals surface area contributed by atoms with Gasteiger partial charge in [-0.25, -0.2) is 19.3 Å². The molecule has 4 aromatic rings. The third-order valence-corrected chi connectivity index (χ3v) is 5.98. The fourth-order valence-corrected chi connectivity index (χ4v) is 4.31. The van der Waals surface area contributed by atoms with Crippen LogP contribution in [0.3, 0.4) is 0 Å². The van der Waals surface area contributed by atoms with Crippen LogP contribution in [0.1, 0.15) is 39.3 Å². The molecule has 0 aliphatic carbocycles. The molecule has 34 heavy (non-hydrogen) atoms. The quantitative estimate of drug-likeness (QED) is 0.435. The Morgan fingerprint density at radius 3 is 2.71 bits per heavy atom. The maximum absolute atomic E-state index is 13.1. The lowest BCUT2D eigenvalue weighted by Gasteiger charge is -2.34. The highest BCUT2D eigenvalue weighted by molar-refractivity contribution is 5.81. The molecular formula is C23H27F2N9. The van der Waals surface area contributed by atoms with Crippen LogP contribution in [-0.2, 0) is 0 Å². The third kappa shape index (κ3) is 4.30. The minimum Gasteiger partial charge on any atom is -0.369 e. The summed E-state index contributed by atoms with van der Waals surface area (Å²) >= 11 is 0. The molecule has 4 aromatic heterocycles. The van der Waals surface area contributed by atoms with Crippen molar-refractivity contribution in [3.8, 4) is 11.1 Å². The van der Waals surface area contributed by atoms with E-state index in [1.54, 1.807) is 12.4 Å². The van der Waals surface area contributed by atoms with Crippen molar-refractivity contribution in [1.82, 2.24) is 29.5 Å². The first-order valence-corrected chi connectivity index (χ1v) is 11.3. The van der Waals surface area contributed by atoms with Gasteiger partial charge in [-0.15, -0.1) is 0 Å². The monoisotopic (exact) mass is 467 g/mol. The zero-order chi connectivity index (χ0) is 23.8. The predicted octanol–water partition coefficient (Wildman–Crippen LogP) is 4.34. The summed E-state index contributed by atoms with van der Waals surface area (Å²) in [5.41, 5.74) is 9.20. The summed E-state index contributed by atoms with van der Waals surface area (Å²) in [7, 11) is 0. The van der Waals surface area contributed by atoms with Crippen molar-refractivity contribution in [2.45, 2.75) is 45.3 Å². The number of hydrogen-bond donors (Lipinski definition) is 2. The number of aromatic nitrogens is 6. The lowest BCUT2D eigenvalue weighted by molar-refractivity contribution is 0.0566. The number of alkyl halides is 2. The maximum Gasteiger partial charge on any atom is 0.333 e. The van der Waals surface area contributed by atoms with Crippen molar-refractivity contribution >= 4 is 28.4 Å². The van der Waals surface area contributed by atoms with Crippen LogP contribution in [0, 0.1) is 0 Å². The van der Waals surface area contributed by atoms with Crippen molar-refractivity contribution in [3.63, 3.8) is 0 Å². The number of nitrogens with one attached hydrogen (secondary N) is 1. The number of nitrogens with two attached hydrogens (primary N) is 1. The zero-order valence-electron chi connectivity index (χ0n) is 19.1. The highest BCUT2D eigenvalue weighted by atomic mass is 19.3. The summed E-state index contributed by atoms with van der Waals surface area (Å²) in [6.45, 7) is 2.91. The smallest absolute Gasteiger partial charge is 0.333 e. The molecule has 0 unspecified atom stereocenters. The second-order valence-electron chi connectivity index (χ2n) is 8.84. The largest absolute Gasteiger partial charge is 0.369 e. The number of halogens is 2. The molecule has 5 heterocycles. The van der Waals surface area contributed by atoms with Crippen LogP contribution in [-0.4, -0.2) is 48.7 Å². The third-order valence-electron chi connectivity index (χ3n) is 5.98. The van der Waals surface area contributed by atoms with Gasteiger partial charge < -0.3 is 16.0 Å². The van der Waals surface area contributed by atoms with Crippen LogP contribution in [0.15, 0.2) is 43.0 Å². The van der Waals surface area contributed by atoms with Gasteiger partial charge in [0, 0.05) is 65.8 Å². The highest BCUT2D eigenvalue weighted by Crippen LogP contribution is 2.34. The number of fused-ring (bicyclic) bond motifs is 1. The van der Waals surface area contributed by atoms with Gasteiger partial charge in [0.15, 0.2) is 5.65 Å². The highest BCUT2D eigenvalue weighted by Gasteiger charge is 2.22. The number of rotatable bonds is 6. The average Bonchev–Trinajstić information content (AvgIpc) is 3.46. The molecule has 0 bridgehead atoms. The Kier molecular flexibility index (Phi) is 5.86. The maximum atomic E-state index is 13.1. The predicted molar refractivity (Wildman–Crippen MR) is 127 cm³/mol. The zero-order valence-corrected chi connectivity index (χ0v) is 19.1. The van der Waals surface area contributed by atoms with Gasteiger partial charge in [-0.05, 0) is 38.8 Å². The van der Waals surface area contributed by atoms with E-state index < -0.39 is 6.55 Å². The molecule has 0 saturated carbocycles. The Morgan fingerprint density at radius 2 is 1.97 bits per heavy atom. The van der Waals surface area contributed by atoms with Crippen LogP contribution in [0.5, 0.6) is 0 Å². The summed E-state index contributed by atoms with van der Waals surface area (Å²) in [4.78, 5) is 11.5. The van der Waals surface area contributed by atoms with Crippen LogP contribution in [0.4, 0.5) is 26.1 Å². The molecule has 1 saturated heterocycles.